The number of para-hydroxylation sites is 1. The molecule has 1 aromatic heterocycles. The Morgan fingerprint density at radius 1 is 1.09 bits per heavy atom. The third-order valence-corrected chi connectivity index (χ3v) is 5.75. The SMILES string of the molecule is CNC(=O)[C@H]1CN(Cc2ccccc2)CCN1C(=O)c1ccccc1OCc1nonc1C. The van der Waals surface area contributed by atoms with Crippen LogP contribution in [0.5, 0.6) is 5.75 Å². The summed E-state index contributed by atoms with van der Waals surface area (Å²) in [7, 11) is 1.59. The van der Waals surface area contributed by atoms with Crippen molar-refractivity contribution in [3.8, 4) is 5.75 Å². The van der Waals surface area contributed by atoms with Gasteiger partial charge in [0.05, 0.1) is 5.56 Å². The van der Waals surface area contributed by atoms with Gasteiger partial charge < -0.3 is 15.0 Å². The van der Waals surface area contributed by atoms with E-state index in [9.17, 15) is 9.59 Å². The summed E-state index contributed by atoms with van der Waals surface area (Å²) in [5.74, 6) is -0.00959. The number of nitrogens with zero attached hydrogens (tertiary/aromatic N) is 4. The molecule has 1 aliphatic rings. The molecule has 0 unspecified atom stereocenters. The van der Waals surface area contributed by atoms with E-state index in [1.807, 2.05) is 18.2 Å². The van der Waals surface area contributed by atoms with Crippen LogP contribution in [0.1, 0.15) is 27.3 Å². The average molecular weight is 450 g/mol. The van der Waals surface area contributed by atoms with Crippen molar-refractivity contribution in [2.45, 2.75) is 26.1 Å². The zero-order valence-electron chi connectivity index (χ0n) is 18.7. The second-order valence-electron chi connectivity index (χ2n) is 7.93. The number of amides is 2. The van der Waals surface area contributed by atoms with Crippen LogP contribution in [0.2, 0.25) is 0 Å². The Balaban J connectivity index is 1.51. The number of aryl methyl sites for hydroxylation is 1. The van der Waals surface area contributed by atoms with Crippen molar-refractivity contribution >= 4 is 11.8 Å². The Morgan fingerprint density at radius 3 is 2.58 bits per heavy atom. The highest BCUT2D eigenvalue weighted by Gasteiger charge is 2.36. The summed E-state index contributed by atoms with van der Waals surface area (Å²) in [6, 6.07) is 16.5. The lowest BCUT2D eigenvalue weighted by Crippen LogP contribution is -2.60. The summed E-state index contributed by atoms with van der Waals surface area (Å²) in [5.41, 5.74) is 2.77. The molecule has 1 aliphatic heterocycles. The Morgan fingerprint density at radius 2 is 1.85 bits per heavy atom. The first-order valence-electron chi connectivity index (χ1n) is 10.9. The highest BCUT2D eigenvalue weighted by atomic mass is 16.6. The largest absolute Gasteiger partial charge is 0.486 e. The molecule has 1 saturated heterocycles. The predicted molar refractivity (Wildman–Crippen MR) is 120 cm³/mol. The standard InChI is InChI=1S/C24H27N5O4/c1-17-20(27-33-26-17)16-32-22-11-7-6-10-19(22)24(31)29-13-12-28(15-21(29)23(30)25-2)14-18-8-4-3-5-9-18/h3-11,21H,12-16H2,1-2H3,(H,25,30)/t21-/m1/s1. The topological polar surface area (TPSA) is 101 Å². The number of hydrogen-bond acceptors (Lipinski definition) is 7. The van der Waals surface area contributed by atoms with Crippen molar-refractivity contribution < 1.29 is 19.0 Å². The molecule has 2 aromatic carbocycles. The number of aromatic nitrogens is 2. The lowest BCUT2D eigenvalue weighted by molar-refractivity contribution is -0.127. The monoisotopic (exact) mass is 449 g/mol. The molecule has 33 heavy (non-hydrogen) atoms. The number of piperazine rings is 1. The Kier molecular flexibility index (Phi) is 6.99. The van der Waals surface area contributed by atoms with Crippen molar-refractivity contribution in [1.82, 2.24) is 25.4 Å². The van der Waals surface area contributed by atoms with Crippen LogP contribution >= 0.6 is 0 Å². The van der Waals surface area contributed by atoms with Crippen molar-refractivity contribution in [1.29, 1.82) is 0 Å². The predicted octanol–water partition coefficient (Wildman–Crippen LogP) is 2.03. The molecule has 1 atom stereocenters. The number of ether oxygens (including phenoxy) is 1. The Bertz CT molecular complexity index is 1100. The third kappa shape index (κ3) is 5.20. The molecule has 0 saturated carbocycles. The third-order valence-electron chi connectivity index (χ3n) is 5.75. The molecule has 172 valence electrons. The quantitative estimate of drug-likeness (QED) is 0.589. The first kappa shape index (κ1) is 22.5. The molecule has 3 aromatic rings. The van der Waals surface area contributed by atoms with Gasteiger partial charge in [-0.3, -0.25) is 14.5 Å². The molecule has 2 heterocycles. The molecule has 0 aliphatic carbocycles. The minimum atomic E-state index is -0.602. The molecule has 1 fully saturated rings. The minimum Gasteiger partial charge on any atom is -0.486 e. The van der Waals surface area contributed by atoms with E-state index < -0.39 is 6.04 Å². The number of carbonyl (C=O) groups is 2. The number of likely N-dealkylation sites (N-methyl/N-ethyl adjacent to an activating group) is 1. The zero-order valence-corrected chi connectivity index (χ0v) is 18.7. The summed E-state index contributed by atoms with van der Waals surface area (Å²) in [5, 5.41) is 10.3. The lowest BCUT2D eigenvalue weighted by Gasteiger charge is -2.40. The summed E-state index contributed by atoms with van der Waals surface area (Å²) < 4.78 is 10.6. The smallest absolute Gasteiger partial charge is 0.258 e. The van der Waals surface area contributed by atoms with E-state index in [-0.39, 0.29) is 18.4 Å². The minimum absolute atomic E-state index is 0.128. The van der Waals surface area contributed by atoms with Crippen molar-refractivity contribution in [2.75, 3.05) is 26.7 Å². The van der Waals surface area contributed by atoms with Crippen molar-refractivity contribution in [2.24, 2.45) is 0 Å². The van der Waals surface area contributed by atoms with E-state index in [1.54, 1.807) is 43.1 Å². The molecule has 0 spiro atoms. The van der Waals surface area contributed by atoms with Gasteiger partial charge in [0.1, 0.15) is 29.8 Å². The Hall–Kier alpha value is -3.72. The van der Waals surface area contributed by atoms with Crippen LogP contribution < -0.4 is 10.1 Å². The van der Waals surface area contributed by atoms with Crippen LogP contribution in [0.3, 0.4) is 0 Å². The van der Waals surface area contributed by atoms with Crippen LogP contribution in [0.25, 0.3) is 0 Å². The second kappa shape index (κ2) is 10.3. The van der Waals surface area contributed by atoms with Gasteiger partial charge in [-0.2, -0.15) is 0 Å². The van der Waals surface area contributed by atoms with E-state index in [0.717, 1.165) is 6.54 Å². The highest BCUT2D eigenvalue weighted by Crippen LogP contribution is 2.24. The molecule has 9 nitrogen and oxygen atoms in total. The number of benzene rings is 2. The van der Waals surface area contributed by atoms with Gasteiger partial charge >= 0.3 is 0 Å². The maximum Gasteiger partial charge on any atom is 0.258 e. The number of rotatable bonds is 7. The number of nitrogens with one attached hydrogen (secondary N) is 1. The van der Waals surface area contributed by atoms with Crippen LogP contribution in [0.15, 0.2) is 59.2 Å². The average Bonchev–Trinajstić information content (AvgIpc) is 3.27. The molecular formula is C24H27N5O4. The van der Waals surface area contributed by atoms with Crippen LogP contribution in [0, 0.1) is 6.92 Å². The summed E-state index contributed by atoms with van der Waals surface area (Å²) in [6.45, 7) is 4.18. The van der Waals surface area contributed by atoms with Crippen molar-refractivity contribution in [3.05, 3.63) is 77.1 Å². The molecule has 9 heteroatoms. The van der Waals surface area contributed by atoms with Crippen LogP contribution in [-0.2, 0) is 17.9 Å². The molecule has 0 bridgehead atoms. The Labute approximate surface area is 192 Å². The normalized spacial score (nSPS) is 16.4. The van der Waals surface area contributed by atoms with Crippen molar-refractivity contribution in [3.63, 3.8) is 0 Å². The van der Waals surface area contributed by atoms with E-state index in [2.05, 4.69) is 32.7 Å². The summed E-state index contributed by atoms with van der Waals surface area (Å²) >= 11 is 0. The van der Waals surface area contributed by atoms with E-state index in [0.29, 0.717) is 42.3 Å². The fourth-order valence-electron chi connectivity index (χ4n) is 3.91. The number of carbonyl (C=O) groups excluding carboxylic acids is 2. The molecule has 4 rings (SSSR count). The van der Waals surface area contributed by atoms with Gasteiger partial charge in [-0.05, 0) is 24.6 Å². The number of hydrogen-bond donors (Lipinski definition) is 1. The van der Waals surface area contributed by atoms with Gasteiger partial charge in [-0.1, -0.05) is 52.8 Å². The summed E-state index contributed by atoms with van der Waals surface area (Å²) in [6.07, 6.45) is 0. The zero-order chi connectivity index (χ0) is 23.2. The first-order valence-corrected chi connectivity index (χ1v) is 10.9. The lowest BCUT2D eigenvalue weighted by atomic mass is 10.1. The van der Waals surface area contributed by atoms with E-state index >= 15 is 0 Å². The second-order valence-corrected chi connectivity index (χ2v) is 7.93. The van der Waals surface area contributed by atoms with Gasteiger partial charge in [0.2, 0.25) is 5.91 Å². The molecule has 2 amide bonds. The van der Waals surface area contributed by atoms with Gasteiger partial charge in [0.25, 0.3) is 5.91 Å². The van der Waals surface area contributed by atoms with Gasteiger partial charge in [0.15, 0.2) is 0 Å². The van der Waals surface area contributed by atoms with Gasteiger partial charge in [-0.25, -0.2) is 4.63 Å². The van der Waals surface area contributed by atoms with E-state index in [1.165, 1.54) is 5.56 Å². The van der Waals surface area contributed by atoms with Crippen LogP contribution in [-0.4, -0.2) is 64.7 Å². The van der Waals surface area contributed by atoms with Crippen LogP contribution in [0.4, 0.5) is 0 Å². The fraction of sp³-hybridized carbons (Fsp3) is 0.333. The highest BCUT2D eigenvalue weighted by molar-refractivity contribution is 5.99. The molecule has 1 N–H and O–H groups in total. The fourth-order valence-corrected chi connectivity index (χ4v) is 3.91. The summed E-state index contributed by atoms with van der Waals surface area (Å²) in [4.78, 5) is 30.1. The molecular weight excluding hydrogens is 422 g/mol. The van der Waals surface area contributed by atoms with Gasteiger partial charge in [-0.15, -0.1) is 0 Å². The van der Waals surface area contributed by atoms with E-state index in [4.69, 9.17) is 9.37 Å². The maximum absolute atomic E-state index is 13.5. The van der Waals surface area contributed by atoms with Gasteiger partial charge in [0, 0.05) is 33.2 Å². The maximum atomic E-state index is 13.5. The molecule has 0 radical (unpaired) electrons. The first-order chi connectivity index (χ1) is 16.1.